The van der Waals surface area contributed by atoms with Crippen LogP contribution in [0.15, 0.2) is 53.3 Å². The molecule has 0 saturated carbocycles. The summed E-state index contributed by atoms with van der Waals surface area (Å²) in [4.78, 5) is 33.1. The first kappa shape index (κ1) is 19.9. The summed E-state index contributed by atoms with van der Waals surface area (Å²) in [6.07, 6.45) is 4.81. The molecule has 0 aliphatic carbocycles. The van der Waals surface area contributed by atoms with Crippen LogP contribution in [0.25, 0.3) is 0 Å². The van der Waals surface area contributed by atoms with Gasteiger partial charge < -0.3 is 9.64 Å². The van der Waals surface area contributed by atoms with Crippen LogP contribution in [0.5, 0.6) is 0 Å². The second kappa shape index (κ2) is 8.53. The van der Waals surface area contributed by atoms with Crippen LogP contribution in [0, 0.1) is 0 Å². The largest absolute Gasteiger partial charge is 0.439 e. The van der Waals surface area contributed by atoms with Crippen LogP contribution in [-0.2, 0) is 16.0 Å². The molecular formula is C22H24BrN3O3. The number of carbonyl (C=O) groups excluding carboxylic acids is 2. The van der Waals surface area contributed by atoms with Crippen LogP contribution in [0.2, 0.25) is 0 Å². The van der Waals surface area contributed by atoms with E-state index in [4.69, 9.17) is 4.74 Å². The van der Waals surface area contributed by atoms with Gasteiger partial charge in [-0.25, -0.2) is 4.79 Å². The number of cyclic esters (lactones) is 1. The Morgan fingerprint density at radius 2 is 1.93 bits per heavy atom. The number of carbonyl (C=O) groups is 2. The first-order valence-corrected chi connectivity index (χ1v) is 10.7. The molecule has 0 bridgehead atoms. The summed E-state index contributed by atoms with van der Waals surface area (Å²) in [5.74, 6) is 0.0996. The minimum absolute atomic E-state index is 0.0232. The molecule has 0 N–H and O–H groups in total. The van der Waals surface area contributed by atoms with Gasteiger partial charge in [0.15, 0.2) is 0 Å². The highest BCUT2D eigenvalue weighted by atomic mass is 79.9. The van der Waals surface area contributed by atoms with Crippen molar-refractivity contribution >= 4 is 27.9 Å². The fourth-order valence-electron chi connectivity index (χ4n) is 4.28. The lowest BCUT2D eigenvalue weighted by Gasteiger charge is -2.37. The molecule has 152 valence electrons. The first-order valence-electron chi connectivity index (χ1n) is 9.94. The second-order valence-electron chi connectivity index (χ2n) is 7.66. The topological polar surface area (TPSA) is 62.7 Å². The molecule has 2 aromatic rings. The number of aromatic nitrogens is 1. The molecule has 3 heterocycles. The van der Waals surface area contributed by atoms with Crippen molar-refractivity contribution in [3.8, 4) is 0 Å². The van der Waals surface area contributed by atoms with Crippen molar-refractivity contribution in [2.45, 2.75) is 44.4 Å². The fourth-order valence-corrected chi connectivity index (χ4v) is 4.70. The molecule has 2 fully saturated rings. The number of pyridine rings is 1. The van der Waals surface area contributed by atoms with Crippen molar-refractivity contribution < 1.29 is 14.3 Å². The standard InChI is InChI=1S/C22H24BrN3O3/c1-15-21(17-5-3-2-4-6-17)29-22(28)26(15)19-7-9-25(10-8-19)20(27)12-16-11-18(23)14-24-13-16/h2-6,11,13-15,19,21H,7-10,12H2,1H3/t15-,21-/m1/s1. The smallest absolute Gasteiger partial charge is 0.411 e. The Morgan fingerprint density at radius 3 is 2.62 bits per heavy atom. The molecule has 2 aliphatic rings. The molecule has 0 radical (unpaired) electrons. The van der Waals surface area contributed by atoms with E-state index in [1.165, 1.54) is 0 Å². The summed E-state index contributed by atoms with van der Waals surface area (Å²) < 4.78 is 6.56. The van der Waals surface area contributed by atoms with Gasteiger partial charge in [-0.3, -0.25) is 14.7 Å². The Morgan fingerprint density at radius 1 is 1.21 bits per heavy atom. The summed E-state index contributed by atoms with van der Waals surface area (Å²) in [5, 5.41) is 0. The van der Waals surface area contributed by atoms with Gasteiger partial charge >= 0.3 is 6.09 Å². The van der Waals surface area contributed by atoms with Gasteiger partial charge in [0.1, 0.15) is 6.10 Å². The number of hydrogen-bond donors (Lipinski definition) is 0. The van der Waals surface area contributed by atoms with Crippen molar-refractivity contribution in [3.63, 3.8) is 0 Å². The number of likely N-dealkylation sites (tertiary alicyclic amines) is 1. The fraction of sp³-hybridized carbons (Fsp3) is 0.409. The number of benzene rings is 1. The summed E-state index contributed by atoms with van der Waals surface area (Å²) in [7, 11) is 0. The van der Waals surface area contributed by atoms with Crippen molar-refractivity contribution in [2.75, 3.05) is 13.1 Å². The second-order valence-corrected chi connectivity index (χ2v) is 8.58. The van der Waals surface area contributed by atoms with E-state index in [0.717, 1.165) is 28.4 Å². The van der Waals surface area contributed by atoms with Gasteiger partial charge in [0, 0.05) is 36.0 Å². The molecule has 4 rings (SSSR count). The number of halogens is 1. The SMILES string of the molecule is C[C@@H]1[C@H](c2ccccc2)OC(=O)N1C1CCN(C(=O)Cc2cncc(Br)c2)CC1. The predicted molar refractivity (Wildman–Crippen MR) is 112 cm³/mol. The Hall–Kier alpha value is -2.41. The molecule has 1 aromatic heterocycles. The highest BCUT2D eigenvalue weighted by molar-refractivity contribution is 9.10. The quantitative estimate of drug-likeness (QED) is 0.696. The normalized spacial score (nSPS) is 22.6. The number of ether oxygens (including phenoxy) is 1. The van der Waals surface area contributed by atoms with Crippen LogP contribution in [0.3, 0.4) is 0 Å². The number of nitrogens with zero attached hydrogens (tertiary/aromatic N) is 3. The summed E-state index contributed by atoms with van der Waals surface area (Å²) in [5.41, 5.74) is 1.92. The molecule has 7 heteroatoms. The maximum Gasteiger partial charge on any atom is 0.411 e. The Balaban J connectivity index is 1.35. The summed E-state index contributed by atoms with van der Waals surface area (Å²) in [6.45, 7) is 3.34. The third-order valence-electron chi connectivity index (χ3n) is 5.77. The Kier molecular flexibility index (Phi) is 5.85. The predicted octanol–water partition coefficient (Wildman–Crippen LogP) is 3.96. The monoisotopic (exact) mass is 457 g/mol. The Labute approximate surface area is 179 Å². The molecule has 1 aromatic carbocycles. The maximum atomic E-state index is 12.7. The minimum atomic E-state index is -0.253. The van der Waals surface area contributed by atoms with Gasteiger partial charge in [-0.2, -0.15) is 0 Å². The highest BCUT2D eigenvalue weighted by Crippen LogP contribution is 2.35. The molecule has 6 nitrogen and oxygen atoms in total. The first-order chi connectivity index (χ1) is 14.0. The van der Waals surface area contributed by atoms with Crippen LogP contribution >= 0.6 is 15.9 Å². The van der Waals surface area contributed by atoms with Crippen LogP contribution in [-0.4, -0.2) is 52.0 Å². The highest BCUT2D eigenvalue weighted by Gasteiger charge is 2.44. The van der Waals surface area contributed by atoms with Gasteiger partial charge in [-0.05, 0) is 52.9 Å². The number of piperidine rings is 1. The van der Waals surface area contributed by atoms with Gasteiger partial charge in [0.05, 0.1) is 12.5 Å². The number of amides is 2. The van der Waals surface area contributed by atoms with Crippen molar-refractivity contribution in [1.29, 1.82) is 0 Å². The molecule has 2 amide bonds. The van der Waals surface area contributed by atoms with E-state index in [0.29, 0.717) is 19.5 Å². The van der Waals surface area contributed by atoms with Crippen LogP contribution in [0.4, 0.5) is 4.79 Å². The molecule has 2 atom stereocenters. The van der Waals surface area contributed by atoms with E-state index in [1.54, 1.807) is 12.4 Å². The zero-order chi connectivity index (χ0) is 20.4. The molecule has 0 spiro atoms. The maximum absolute atomic E-state index is 12.7. The lowest BCUT2D eigenvalue weighted by atomic mass is 9.98. The molecule has 2 saturated heterocycles. The lowest BCUT2D eigenvalue weighted by molar-refractivity contribution is -0.131. The molecular weight excluding hydrogens is 434 g/mol. The van der Waals surface area contributed by atoms with E-state index >= 15 is 0 Å². The third-order valence-corrected chi connectivity index (χ3v) is 6.20. The Bertz CT molecular complexity index is 884. The van der Waals surface area contributed by atoms with E-state index < -0.39 is 0 Å². The van der Waals surface area contributed by atoms with E-state index in [1.807, 2.05) is 53.1 Å². The zero-order valence-corrected chi connectivity index (χ0v) is 17.9. The number of rotatable bonds is 4. The third kappa shape index (κ3) is 4.29. The van der Waals surface area contributed by atoms with Gasteiger partial charge in [0.2, 0.25) is 5.91 Å². The average Bonchev–Trinajstić information content (AvgIpc) is 3.03. The van der Waals surface area contributed by atoms with Crippen molar-refractivity contribution in [3.05, 3.63) is 64.4 Å². The molecule has 29 heavy (non-hydrogen) atoms. The lowest BCUT2D eigenvalue weighted by Crippen LogP contribution is -2.49. The zero-order valence-electron chi connectivity index (χ0n) is 16.3. The van der Waals surface area contributed by atoms with E-state index in [-0.39, 0.29) is 30.2 Å². The van der Waals surface area contributed by atoms with E-state index in [9.17, 15) is 9.59 Å². The summed E-state index contributed by atoms with van der Waals surface area (Å²) >= 11 is 3.39. The van der Waals surface area contributed by atoms with Crippen molar-refractivity contribution in [2.24, 2.45) is 0 Å². The minimum Gasteiger partial charge on any atom is -0.439 e. The molecule has 2 aliphatic heterocycles. The number of hydrogen-bond acceptors (Lipinski definition) is 4. The van der Waals surface area contributed by atoms with E-state index in [2.05, 4.69) is 20.9 Å². The van der Waals surface area contributed by atoms with Gasteiger partial charge in [0.25, 0.3) is 0 Å². The van der Waals surface area contributed by atoms with Gasteiger partial charge in [-0.1, -0.05) is 30.3 Å². The van der Waals surface area contributed by atoms with Gasteiger partial charge in [-0.15, -0.1) is 0 Å². The van der Waals surface area contributed by atoms with Crippen LogP contribution in [0.1, 0.15) is 37.0 Å². The molecule has 0 unspecified atom stereocenters. The average molecular weight is 458 g/mol. The van der Waals surface area contributed by atoms with Crippen LogP contribution < -0.4 is 0 Å². The summed E-state index contributed by atoms with van der Waals surface area (Å²) in [6, 6.07) is 11.9. The van der Waals surface area contributed by atoms with Crippen molar-refractivity contribution in [1.82, 2.24) is 14.8 Å².